The van der Waals surface area contributed by atoms with E-state index in [0.717, 1.165) is 11.1 Å². The largest absolute Gasteiger partial charge is 0.458 e. The van der Waals surface area contributed by atoms with Crippen LogP contribution in [0.2, 0.25) is 0 Å². The number of carbonyl (C=O) groups excluding carboxylic acids is 2. The molecular weight excluding hydrogens is 352 g/mol. The van der Waals surface area contributed by atoms with Gasteiger partial charge in [-0.3, -0.25) is 9.59 Å². The molecule has 0 radical (unpaired) electrons. The Bertz CT molecular complexity index is 855. The minimum absolute atomic E-state index is 0.231. The molecule has 0 bridgehead atoms. The van der Waals surface area contributed by atoms with Crippen molar-refractivity contribution >= 4 is 22.7 Å². The highest BCUT2D eigenvalue weighted by Crippen LogP contribution is 2.39. The second-order valence-electron chi connectivity index (χ2n) is 6.75. The fraction of sp³-hybridized carbons (Fsp3) is 0.250. The molecule has 3 aromatic rings. The number of fused-ring (bicyclic) bond motifs is 2. The third-order valence-corrected chi connectivity index (χ3v) is 4.66. The SMILES string of the molecule is CC(=O)OC1CCC(OC(C)=O)c2ccccc21.c1ccc2ccccc2c1. The highest BCUT2D eigenvalue weighted by atomic mass is 16.6. The van der Waals surface area contributed by atoms with E-state index in [1.165, 1.54) is 24.6 Å². The van der Waals surface area contributed by atoms with Crippen LogP contribution in [0, 0.1) is 0 Å². The van der Waals surface area contributed by atoms with Crippen molar-refractivity contribution < 1.29 is 19.1 Å². The molecule has 28 heavy (non-hydrogen) atoms. The number of rotatable bonds is 2. The zero-order valence-corrected chi connectivity index (χ0v) is 16.1. The standard InChI is InChI=1S/C14H16O4.C10H8/c1-9(15)17-13-7-8-14(18-10(2)16)12-6-4-3-5-11(12)13;1-2-6-10-8-4-3-7-9(10)5-1/h3-6,13-14H,7-8H2,1-2H3;1-8H. The first kappa shape index (κ1) is 19.6. The number of hydrogen-bond acceptors (Lipinski definition) is 4. The maximum absolute atomic E-state index is 11.1. The topological polar surface area (TPSA) is 52.6 Å². The average Bonchev–Trinajstić information content (AvgIpc) is 2.70. The van der Waals surface area contributed by atoms with E-state index < -0.39 is 0 Å². The molecule has 4 rings (SSSR count). The normalized spacial score (nSPS) is 17.6. The van der Waals surface area contributed by atoms with Crippen molar-refractivity contribution in [2.24, 2.45) is 0 Å². The smallest absolute Gasteiger partial charge is 0.303 e. The van der Waals surface area contributed by atoms with E-state index in [2.05, 4.69) is 48.5 Å². The summed E-state index contributed by atoms with van der Waals surface area (Å²) in [5.74, 6) is -0.582. The van der Waals surface area contributed by atoms with Crippen LogP contribution in [0.4, 0.5) is 0 Å². The molecule has 1 aliphatic carbocycles. The van der Waals surface area contributed by atoms with Crippen LogP contribution in [-0.2, 0) is 19.1 Å². The second kappa shape index (κ2) is 9.18. The summed E-state index contributed by atoms with van der Waals surface area (Å²) in [5, 5.41) is 2.62. The van der Waals surface area contributed by atoms with Gasteiger partial charge in [0.15, 0.2) is 0 Å². The van der Waals surface area contributed by atoms with Gasteiger partial charge in [0.25, 0.3) is 0 Å². The average molecular weight is 376 g/mol. The lowest BCUT2D eigenvalue weighted by molar-refractivity contribution is -0.153. The van der Waals surface area contributed by atoms with E-state index >= 15 is 0 Å². The van der Waals surface area contributed by atoms with Crippen LogP contribution in [0.15, 0.2) is 72.8 Å². The summed E-state index contributed by atoms with van der Waals surface area (Å²) in [4.78, 5) is 22.1. The van der Waals surface area contributed by atoms with Crippen molar-refractivity contribution in [2.45, 2.75) is 38.9 Å². The Morgan fingerprint density at radius 2 is 0.964 bits per heavy atom. The zero-order valence-electron chi connectivity index (χ0n) is 16.1. The van der Waals surface area contributed by atoms with Gasteiger partial charge in [-0.2, -0.15) is 0 Å². The highest BCUT2D eigenvalue weighted by Gasteiger charge is 2.30. The Morgan fingerprint density at radius 1 is 0.643 bits per heavy atom. The predicted octanol–water partition coefficient (Wildman–Crippen LogP) is 5.53. The van der Waals surface area contributed by atoms with Crippen molar-refractivity contribution in [3.05, 3.63) is 83.9 Å². The van der Waals surface area contributed by atoms with Crippen LogP contribution < -0.4 is 0 Å². The number of hydrogen-bond donors (Lipinski definition) is 0. The first-order chi connectivity index (χ1) is 13.5. The minimum atomic E-state index is -0.291. The van der Waals surface area contributed by atoms with E-state index in [9.17, 15) is 9.59 Å². The molecular formula is C24H24O4. The Balaban J connectivity index is 0.000000188. The first-order valence-corrected chi connectivity index (χ1v) is 9.41. The molecule has 0 aromatic heterocycles. The van der Waals surface area contributed by atoms with Gasteiger partial charge < -0.3 is 9.47 Å². The van der Waals surface area contributed by atoms with E-state index in [4.69, 9.17) is 9.47 Å². The summed E-state index contributed by atoms with van der Waals surface area (Å²) in [6.07, 6.45) is 0.888. The van der Waals surface area contributed by atoms with Gasteiger partial charge in [0.2, 0.25) is 0 Å². The van der Waals surface area contributed by atoms with Crippen LogP contribution in [0.1, 0.15) is 50.0 Å². The second-order valence-corrected chi connectivity index (χ2v) is 6.75. The highest BCUT2D eigenvalue weighted by molar-refractivity contribution is 5.82. The lowest BCUT2D eigenvalue weighted by atomic mass is 9.87. The Morgan fingerprint density at radius 3 is 1.29 bits per heavy atom. The fourth-order valence-corrected chi connectivity index (χ4v) is 3.49. The van der Waals surface area contributed by atoms with Gasteiger partial charge in [-0.05, 0) is 34.7 Å². The van der Waals surface area contributed by atoms with Gasteiger partial charge in [-0.15, -0.1) is 0 Å². The summed E-state index contributed by atoms with van der Waals surface area (Å²) in [6.45, 7) is 2.81. The lowest BCUT2D eigenvalue weighted by Gasteiger charge is -2.30. The maximum atomic E-state index is 11.1. The molecule has 3 aromatic carbocycles. The van der Waals surface area contributed by atoms with Crippen molar-refractivity contribution in [1.82, 2.24) is 0 Å². The molecule has 144 valence electrons. The molecule has 0 spiro atoms. The maximum Gasteiger partial charge on any atom is 0.303 e. The summed E-state index contributed by atoms with van der Waals surface area (Å²) in [7, 11) is 0. The van der Waals surface area contributed by atoms with E-state index in [-0.39, 0.29) is 24.1 Å². The van der Waals surface area contributed by atoms with Crippen LogP contribution >= 0.6 is 0 Å². The molecule has 4 heteroatoms. The van der Waals surface area contributed by atoms with E-state index in [1.807, 2.05) is 24.3 Å². The Hall–Kier alpha value is -3.14. The lowest BCUT2D eigenvalue weighted by Crippen LogP contribution is -2.21. The van der Waals surface area contributed by atoms with Crippen LogP contribution in [0.5, 0.6) is 0 Å². The van der Waals surface area contributed by atoms with E-state index in [0.29, 0.717) is 12.8 Å². The number of carbonyl (C=O) groups is 2. The van der Waals surface area contributed by atoms with Gasteiger partial charge >= 0.3 is 11.9 Å². The van der Waals surface area contributed by atoms with Gasteiger partial charge in [-0.1, -0.05) is 72.8 Å². The molecule has 0 aliphatic heterocycles. The molecule has 0 saturated carbocycles. The minimum Gasteiger partial charge on any atom is -0.458 e. The van der Waals surface area contributed by atoms with Crippen LogP contribution in [0.3, 0.4) is 0 Å². The number of ether oxygens (including phenoxy) is 2. The molecule has 0 saturated heterocycles. The monoisotopic (exact) mass is 376 g/mol. The third-order valence-electron chi connectivity index (χ3n) is 4.66. The summed E-state index contributed by atoms with van der Waals surface area (Å²) >= 11 is 0. The molecule has 0 amide bonds. The van der Waals surface area contributed by atoms with Crippen LogP contribution in [0.25, 0.3) is 10.8 Å². The molecule has 2 unspecified atom stereocenters. The van der Waals surface area contributed by atoms with Gasteiger partial charge in [-0.25, -0.2) is 0 Å². The Labute approximate surface area is 165 Å². The zero-order chi connectivity index (χ0) is 19.9. The Kier molecular flexibility index (Phi) is 6.43. The third kappa shape index (κ3) is 4.97. The van der Waals surface area contributed by atoms with Crippen molar-refractivity contribution in [3.8, 4) is 0 Å². The van der Waals surface area contributed by atoms with Crippen molar-refractivity contribution in [1.29, 1.82) is 0 Å². The summed E-state index contributed by atoms with van der Waals surface area (Å²) in [5.41, 5.74) is 1.87. The number of benzene rings is 3. The van der Waals surface area contributed by atoms with Crippen molar-refractivity contribution in [3.63, 3.8) is 0 Å². The van der Waals surface area contributed by atoms with Gasteiger partial charge in [0.1, 0.15) is 12.2 Å². The molecule has 0 fully saturated rings. The fourth-order valence-electron chi connectivity index (χ4n) is 3.49. The van der Waals surface area contributed by atoms with Gasteiger partial charge in [0.05, 0.1) is 0 Å². The number of esters is 2. The van der Waals surface area contributed by atoms with Gasteiger partial charge in [0, 0.05) is 13.8 Å². The van der Waals surface area contributed by atoms with Crippen molar-refractivity contribution in [2.75, 3.05) is 0 Å². The molecule has 4 nitrogen and oxygen atoms in total. The molecule has 0 heterocycles. The summed E-state index contributed by atoms with van der Waals surface area (Å²) in [6, 6.07) is 24.3. The van der Waals surface area contributed by atoms with E-state index in [1.54, 1.807) is 0 Å². The molecule has 1 aliphatic rings. The molecule has 2 atom stereocenters. The quantitative estimate of drug-likeness (QED) is 0.552. The van der Waals surface area contributed by atoms with Crippen LogP contribution in [-0.4, -0.2) is 11.9 Å². The summed E-state index contributed by atoms with van der Waals surface area (Å²) < 4.78 is 10.6. The molecule has 0 N–H and O–H groups in total. The predicted molar refractivity (Wildman–Crippen MR) is 109 cm³/mol. The first-order valence-electron chi connectivity index (χ1n) is 9.41.